The molecule has 0 amide bonds. The third kappa shape index (κ3) is 3.29. The third-order valence-corrected chi connectivity index (χ3v) is 5.54. The number of hydrogen-bond acceptors (Lipinski definition) is 4. The quantitative estimate of drug-likeness (QED) is 0.691. The average Bonchev–Trinajstić information content (AvgIpc) is 2.52. The van der Waals surface area contributed by atoms with E-state index in [0.29, 0.717) is 22.2 Å². The maximum atomic E-state index is 11.9. The molecule has 25 heavy (non-hydrogen) atoms. The van der Waals surface area contributed by atoms with Gasteiger partial charge >= 0.3 is 5.97 Å². The van der Waals surface area contributed by atoms with Gasteiger partial charge in [0, 0.05) is 21.7 Å². The smallest absolute Gasteiger partial charge is 0.336 e. The van der Waals surface area contributed by atoms with Crippen LogP contribution in [0.25, 0.3) is 22.2 Å². The Labute approximate surface area is 153 Å². The molecular formula is C18H14BrNO4S. The third-order valence-electron chi connectivity index (χ3n) is 3.94. The molecule has 0 unspecified atom stereocenters. The molecule has 7 heteroatoms. The Morgan fingerprint density at radius 3 is 2.48 bits per heavy atom. The molecule has 5 nitrogen and oxygen atoms in total. The molecule has 0 saturated carbocycles. The van der Waals surface area contributed by atoms with Crippen LogP contribution in [0.5, 0.6) is 0 Å². The van der Waals surface area contributed by atoms with Crippen molar-refractivity contribution in [1.82, 2.24) is 4.98 Å². The van der Waals surface area contributed by atoms with Gasteiger partial charge in [-0.3, -0.25) is 0 Å². The number of hydrogen-bond donors (Lipinski definition) is 1. The zero-order valence-corrected chi connectivity index (χ0v) is 15.8. The summed E-state index contributed by atoms with van der Waals surface area (Å²) in [6.07, 6.45) is 1.09. The number of nitrogens with zero attached hydrogens (tertiary/aromatic N) is 1. The predicted molar refractivity (Wildman–Crippen MR) is 99.7 cm³/mol. The Balaban J connectivity index is 2.40. The number of pyridine rings is 1. The Morgan fingerprint density at radius 2 is 1.88 bits per heavy atom. The molecule has 3 rings (SSSR count). The first kappa shape index (κ1) is 17.6. The van der Waals surface area contributed by atoms with Crippen molar-refractivity contribution >= 4 is 42.6 Å². The minimum Gasteiger partial charge on any atom is -0.478 e. The summed E-state index contributed by atoms with van der Waals surface area (Å²) in [5, 5.41) is 10.0. The number of halogens is 1. The van der Waals surface area contributed by atoms with E-state index in [9.17, 15) is 18.3 Å². The maximum Gasteiger partial charge on any atom is 0.336 e. The van der Waals surface area contributed by atoms with Gasteiger partial charge in [0.1, 0.15) is 0 Å². The van der Waals surface area contributed by atoms with Crippen LogP contribution in [0.2, 0.25) is 0 Å². The van der Waals surface area contributed by atoms with E-state index in [1.165, 1.54) is 12.1 Å². The van der Waals surface area contributed by atoms with E-state index in [4.69, 9.17) is 0 Å². The largest absolute Gasteiger partial charge is 0.478 e. The summed E-state index contributed by atoms with van der Waals surface area (Å²) in [5.74, 6) is -1.12. The second-order valence-corrected chi connectivity index (χ2v) is 8.66. The molecule has 0 aliphatic heterocycles. The summed E-state index contributed by atoms with van der Waals surface area (Å²) in [7, 11) is -3.44. The SMILES string of the molecule is Cc1c(-c2cccc(Br)c2)nc2ccc(S(C)(=O)=O)cc2c1C(=O)O. The van der Waals surface area contributed by atoms with Crippen molar-refractivity contribution in [2.45, 2.75) is 11.8 Å². The maximum absolute atomic E-state index is 11.9. The monoisotopic (exact) mass is 419 g/mol. The lowest BCUT2D eigenvalue weighted by Crippen LogP contribution is -2.06. The van der Waals surface area contributed by atoms with Crippen LogP contribution in [0.1, 0.15) is 15.9 Å². The molecule has 0 radical (unpaired) electrons. The second kappa shape index (κ2) is 6.24. The molecule has 0 aliphatic carbocycles. The molecule has 1 heterocycles. The zero-order valence-electron chi connectivity index (χ0n) is 13.4. The van der Waals surface area contributed by atoms with Gasteiger partial charge in [0.15, 0.2) is 9.84 Å². The molecular weight excluding hydrogens is 406 g/mol. The first-order chi connectivity index (χ1) is 11.7. The number of fused-ring (bicyclic) bond motifs is 1. The van der Waals surface area contributed by atoms with E-state index in [0.717, 1.165) is 16.3 Å². The lowest BCUT2D eigenvalue weighted by Gasteiger charge is -2.13. The number of carbonyl (C=O) groups is 1. The van der Waals surface area contributed by atoms with Gasteiger partial charge < -0.3 is 5.11 Å². The van der Waals surface area contributed by atoms with Crippen LogP contribution in [0.3, 0.4) is 0 Å². The highest BCUT2D eigenvalue weighted by Crippen LogP contribution is 2.32. The molecule has 1 N–H and O–H groups in total. The highest BCUT2D eigenvalue weighted by atomic mass is 79.9. The topological polar surface area (TPSA) is 84.3 Å². The first-order valence-electron chi connectivity index (χ1n) is 7.32. The first-order valence-corrected chi connectivity index (χ1v) is 10.0. The molecule has 3 aromatic rings. The lowest BCUT2D eigenvalue weighted by molar-refractivity contribution is 0.0698. The fraction of sp³-hybridized carbons (Fsp3) is 0.111. The van der Waals surface area contributed by atoms with Crippen molar-refractivity contribution in [2.75, 3.05) is 6.26 Å². The van der Waals surface area contributed by atoms with Gasteiger partial charge in [0.25, 0.3) is 0 Å². The summed E-state index contributed by atoms with van der Waals surface area (Å²) in [4.78, 5) is 16.5. The number of benzene rings is 2. The van der Waals surface area contributed by atoms with Crippen molar-refractivity contribution < 1.29 is 18.3 Å². The molecule has 0 saturated heterocycles. The van der Waals surface area contributed by atoms with Gasteiger partial charge in [-0.1, -0.05) is 28.1 Å². The van der Waals surface area contributed by atoms with Crippen molar-refractivity contribution in [1.29, 1.82) is 0 Å². The Hall–Kier alpha value is -2.25. The van der Waals surface area contributed by atoms with Crippen molar-refractivity contribution in [3.8, 4) is 11.3 Å². The Bertz CT molecular complexity index is 1120. The minimum absolute atomic E-state index is 0.0606. The van der Waals surface area contributed by atoms with Crippen molar-refractivity contribution in [3.05, 3.63) is 58.1 Å². The standard InChI is InChI=1S/C18H14BrNO4S/c1-10-16(18(21)22)14-9-13(25(2,23)24)6-7-15(14)20-17(10)11-4-3-5-12(19)8-11/h3-9H,1-2H3,(H,21,22). The number of carboxylic acids is 1. The number of aromatic nitrogens is 1. The molecule has 0 spiro atoms. The van der Waals surface area contributed by atoms with E-state index in [1.807, 2.05) is 24.3 Å². The van der Waals surface area contributed by atoms with Gasteiger partial charge in [-0.05, 0) is 42.8 Å². The fourth-order valence-corrected chi connectivity index (χ4v) is 3.81. The second-order valence-electron chi connectivity index (χ2n) is 5.73. The summed E-state index contributed by atoms with van der Waals surface area (Å²) in [5.41, 5.74) is 2.32. The number of carboxylic acid groups (broad SMARTS) is 1. The van der Waals surface area contributed by atoms with Crippen LogP contribution < -0.4 is 0 Å². The number of aromatic carboxylic acids is 1. The highest BCUT2D eigenvalue weighted by molar-refractivity contribution is 9.10. The summed E-state index contributed by atoms with van der Waals surface area (Å²) in [6.45, 7) is 1.68. The molecule has 128 valence electrons. The van der Waals surface area contributed by atoms with Crippen molar-refractivity contribution in [2.24, 2.45) is 0 Å². The number of sulfone groups is 1. The van der Waals surface area contributed by atoms with Gasteiger partial charge in [-0.15, -0.1) is 0 Å². The van der Waals surface area contributed by atoms with E-state index >= 15 is 0 Å². The van der Waals surface area contributed by atoms with Crippen LogP contribution in [-0.4, -0.2) is 30.7 Å². The van der Waals surface area contributed by atoms with Gasteiger partial charge in [0.05, 0.1) is 21.7 Å². The minimum atomic E-state index is -3.44. The summed E-state index contributed by atoms with van der Waals surface area (Å²) in [6, 6.07) is 11.8. The zero-order chi connectivity index (χ0) is 18.4. The van der Waals surface area contributed by atoms with Gasteiger partial charge in [-0.2, -0.15) is 0 Å². The predicted octanol–water partition coefficient (Wildman–Crippen LogP) is 4.07. The van der Waals surface area contributed by atoms with Crippen LogP contribution in [0, 0.1) is 6.92 Å². The van der Waals surface area contributed by atoms with E-state index in [2.05, 4.69) is 20.9 Å². The Kier molecular flexibility index (Phi) is 4.38. The van der Waals surface area contributed by atoms with E-state index in [-0.39, 0.29) is 10.5 Å². The normalized spacial score (nSPS) is 11.6. The average molecular weight is 420 g/mol. The summed E-state index contributed by atoms with van der Waals surface area (Å²) >= 11 is 3.40. The van der Waals surface area contributed by atoms with Crippen molar-refractivity contribution in [3.63, 3.8) is 0 Å². The molecule has 0 bridgehead atoms. The molecule has 0 atom stereocenters. The summed E-state index contributed by atoms with van der Waals surface area (Å²) < 4.78 is 24.4. The fourth-order valence-electron chi connectivity index (χ4n) is 2.76. The molecule has 0 aliphatic rings. The lowest BCUT2D eigenvalue weighted by atomic mass is 9.98. The van der Waals surface area contributed by atoms with E-state index in [1.54, 1.807) is 13.0 Å². The highest BCUT2D eigenvalue weighted by Gasteiger charge is 2.20. The Morgan fingerprint density at radius 1 is 1.16 bits per heavy atom. The molecule has 1 aromatic heterocycles. The van der Waals surface area contributed by atoms with Gasteiger partial charge in [0.2, 0.25) is 0 Å². The number of rotatable bonds is 3. The molecule has 2 aromatic carbocycles. The van der Waals surface area contributed by atoms with Crippen LogP contribution >= 0.6 is 15.9 Å². The van der Waals surface area contributed by atoms with Gasteiger partial charge in [-0.25, -0.2) is 18.2 Å². The van der Waals surface area contributed by atoms with Crippen LogP contribution in [0.4, 0.5) is 0 Å². The van der Waals surface area contributed by atoms with Crippen LogP contribution in [0.15, 0.2) is 51.8 Å². The van der Waals surface area contributed by atoms with E-state index < -0.39 is 15.8 Å². The molecule has 0 fully saturated rings. The van der Waals surface area contributed by atoms with Crippen LogP contribution in [-0.2, 0) is 9.84 Å².